The SMILES string of the molecule is CC(=O)c1cc(Cl)c(C=O)cc1Cl. The van der Waals surface area contributed by atoms with E-state index in [2.05, 4.69) is 0 Å². The van der Waals surface area contributed by atoms with Crippen molar-refractivity contribution in [3.8, 4) is 0 Å². The van der Waals surface area contributed by atoms with E-state index >= 15 is 0 Å². The number of rotatable bonds is 2. The highest BCUT2D eigenvalue weighted by Gasteiger charge is 2.09. The molecular weight excluding hydrogens is 211 g/mol. The molecule has 0 aliphatic carbocycles. The quantitative estimate of drug-likeness (QED) is 0.563. The van der Waals surface area contributed by atoms with Crippen LogP contribution in [0.2, 0.25) is 10.0 Å². The van der Waals surface area contributed by atoms with Gasteiger partial charge in [0.1, 0.15) is 0 Å². The minimum Gasteiger partial charge on any atom is -0.298 e. The molecule has 0 aromatic heterocycles. The van der Waals surface area contributed by atoms with Crippen LogP contribution in [0.3, 0.4) is 0 Å². The van der Waals surface area contributed by atoms with Crippen LogP contribution in [0.5, 0.6) is 0 Å². The number of carbonyl (C=O) groups is 2. The van der Waals surface area contributed by atoms with Crippen LogP contribution in [-0.4, -0.2) is 12.1 Å². The molecule has 1 aromatic rings. The molecule has 0 heterocycles. The molecule has 0 unspecified atom stereocenters. The highest BCUT2D eigenvalue weighted by molar-refractivity contribution is 6.37. The number of ketones is 1. The molecule has 1 aromatic carbocycles. The van der Waals surface area contributed by atoms with Gasteiger partial charge in [-0.05, 0) is 19.1 Å². The minimum absolute atomic E-state index is 0.177. The molecular formula is C9H6Cl2O2. The molecule has 0 aliphatic rings. The monoisotopic (exact) mass is 216 g/mol. The normalized spacial score (nSPS) is 9.77. The van der Waals surface area contributed by atoms with E-state index in [1.165, 1.54) is 19.1 Å². The van der Waals surface area contributed by atoms with Gasteiger partial charge in [0.25, 0.3) is 0 Å². The molecule has 0 saturated heterocycles. The Morgan fingerprint density at radius 2 is 1.92 bits per heavy atom. The third-order valence-corrected chi connectivity index (χ3v) is 2.23. The van der Waals surface area contributed by atoms with Gasteiger partial charge in [-0.1, -0.05) is 23.2 Å². The number of hydrogen-bond acceptors (Lipinski definition) is 2. The van der Waals surface area contributed by atoms with Gasteiger partial charge in [-0.15, -0.1) is 0 Å². The van der Waals surface area contributed by atoms with Gasteiger partial charge in [0.05, 0.1) is 10.0 Å². The number of benzene rings is 1. The third kappa shape index (κ3) is 2.08. The summed E-state index contributed by atoms with van der Waals surface area (Å²) in [6, 6.07) is 2.78. The molecule has 0 amide bonds. The first-order chi connectivity index (χ1) is 6.06. The van der Waals surface area contributed by atoms with Crippen molar-refractivity contribution in [1.82, 2.24) is 0 Å². The highest BCUT2D eigenvalue weighted by Crippen LogP contribution is 2.24. The molecule has 0 radical (unpaired) electrons. The van der Waals surface area contributed by atoms with E-state index in [0.717, 1.165) is 0 Å². The van der Waals surface area contributed by atoms with Crippen LogP contribution in [0.1, 0.15) is 27.6 Å². The van der Waals surface area contributed by atoms with E-state index < -0.39 is 0 Å². The fourth-order valence-electron chi connectivity index (χ4n) is 0.922. The largest absolute Gasteiger partial charge is 0.298 e. The molecule has 1 rings (SSSR count). The fourth-order valence-corrected chi connectivity index (χ4v) is 1.44. The molecule has 13 heavy (non-hydrogen) atoms. The van der Waals surface area contributed by atoms with E-state index in [1.54, 1.807) is 0 Å². The molecule has 4 heteroatoms. The van der Waals surface area contributed by atoms with Crippen LogP contribution in [-0.2, 0) is 0 Å². The van der Waals surface area contributed by atoms with Crippen molar-refractivity contribution < 1.29 is 9.59 Å². The summed E-state index contributed by atoms with van der Waals surface area (Å²) in [5, 5.41) is 0.489. The van der Waals surface area contributed by atoms with Gasteiger partial charge in [-0.3, -0.25) is 9.59 Å². The van der Waals surface area contributed by atoms with Gasteiger partial charge in [0.15, 0.2) is 12.1 Å². The smallest absolute Gasteiger partial charge is 0.161 e. The molecule has 0 N–H and O–H groups in total. The first kappa shape index (κ1) is 10.2. The van der Waals surface area contributed by atoms with Crippen LogP contribution < -0.4 is 0 Å². The summed E-state index contributed by atoms with van der Waals surface area (Å²) in [5.41, 5.74) is 0.619. The maximum absolute atomic E-state index is 11.0. The van der Waals surface area contributed by atoms with Crippen molar-refractivity contribution in [3.63, 3.8) is 0 Å². The number of halogens is 2. The van der Waals surface area contributed by atoms with Crippen molar-refractivity contribution in [2.45, 2.75) is 6.92 Å². The van der Waals surface area contributed by atoms with Gasteiger partial charge in [0.2, 0.25) is 0 Å². The number of aldehydes is 1. The first-order valence-corrected chi connectivity index (χ1v) is 4.27. The molecule has 0 fully saturated rings. The first-order valence-electron chi connectivity index (χ1n) is 3.51. The molecule has 0 atom stereocenters. The number of hydrogen-bond donors (Lipinski definition) is 0. The van der Waals surface area contributed by atoms with E-state index in [-0.39, 0.29) is 21.4 Å². The van der Waals surface area contributed by atoms with E-state index in [1.807, 2.05) is 0 Å². The van der Waals surface area contributed by atoms with Gasteiger partial charge in [0, 0.05) is 11.1 Å². The zero-order valence-electron chi connectivity index (χ0n) is 6.80. The fraction of sp³-hybridized carbons (Fsp3) is 0.111. The topological polar surface area (TPSA) is 34.1 Å². The Labute approximate surface area is 85.5 Å². The number of carbonyl (C=O) groups excluding carboxylic acids is 2. The van der Waals surface area contributed by atoms with Crippen molar-refractivity contribution >= 4 is 35.3 Å². The predicted molar refractivity (Wildman–Crippen MR) is 51.9 cm³/mol. The van der Waals surface area contributed by atoms with Crippen LogP contribution in [0.15, 0.2) is 12.1 Å². The Morgan fingerprint density at radius 3 is 2.38 bits per heavy atom. The van der Waals surface area contributed by atoms with Gasteiger partial charge < -0.3 is 0 Å². The Morgan fingerprint density at radius 1 is 1.31 bits per heavy atom. The predicted octanol–water partition coefficient (Wildman–Crippen LogP) is 3.01. The maximum atomic E-state index is 11.0. The summed E-state index contributed by atoms with van der Waals surface area (Å²) in [4.78, 5) is 21.4. The van der Waals surface area contributed by atoms with Crippen LogP contribution in [0.25, 0.3) is 0 Å². The Kier molecular flexibility index (Phi) is 3.07. The minimum atomic E-state index is -0.177. The van der Waals surface area contributed by atoms with Gasteiger partial charge in [-0.25, -0.2) is 0 Å². The van der Waals surface area contributed by atoms with Crippen molar-refractivity contribution in [3.05, 3.63) is 33.3 Å². The molecule has 0 spiro atoms. The molecule has 68 valence electrons. The lowest BCUT2D eigenvalue weighted by Crippen LogP contribution is -1.95. The molecule has 0 bridgehead atoms. The summed E-state index contributed by atoms with van der Waals surface area (Å²) in [6.45, 7) is 1.39. The van der Waals surface area contributed by atoms with Gasteiger partial charge in [-0.2, -0.15) is 0 Å². The second-order valence-corrected chi connectivity index (χ2v) is 3.34. The average molecular weight is 217 g/mol. The van der Waals surface area contributed by atoms with Crippen LogP contribution in [0, 0.1) is 0 Å². The molecule has 0 aliphatic heterocycles. The summed E-state index contributed by atoms with van der Waals surface area (Å²) in [7, 11) is 0. The second kappa shape index (κ2) is 3.90. The lowest BCUT2D eigenvalue weighted by Gasteiger charge is -2.02. The van der Waals surface area contributed by atoms with E-state index in [9.17, 15) is 9.59 Å². The Balaban J connectivity index is 3.36. The standard InChI is InChI=1S/C9H6Cl2O2/c1-5(13)7-3-8(10)6(4-12)2-9(7)11/h2-4H,1H3. The Bertz CT molecular complexity index is 372. The third-order valence-electron chi connectivity index (χ3n) is 1.59. The van der Waals surface area contributed by atoms with Crippen molar-refractivity contribution in [2.24, 2.45) is 0 Å². The van der Waals surface area contributed by atoms with E-state index in [0.29, 0.717) is 11.8 Å². The van der Waals surface area contributed by atoms with Crippen molar-refractivity contribution in [1.29, 1.82) is 0 Å². The lowest BCUT2D eigenvalue weighted by atomic mass is 10.1. The van der Waals surface area contributed by atoms with Crippen LogP contribution >= 0.6 is 23.2 Å². The van der Waals surface area contributed by atoms with Gasteiger partial charge >= 0.3 is 0 Å². The second-order valence-electron chi connectivity index (χ2n) is 2.53. The summed E-state index contributed by atoms with van der Waals surface area (Å²) in [6.07, 6.45) is 0.595. The Hall–Kier alpha value is -0.860. The zero-order chi connectivity index (χ0) is 10.0. The molecule has 0 saturated carbocycles. The molecule has 2 nitrogen and oxygen atoms in total. The summed E-state index contributed by atoms with van der Waals surface area (Å²) < 4.78 is 0. The maximum Gasteiger partial charge on any atom is 0.161 e. The average Bonchev–Trinajstić information content (AvgIpc) is 2.07. The summed E-state index contributed by atoms with van der Waals surface area (Å²) in [5.74, 6) is -0.177. The van der Waals surface area contributed by atoms with Crippen LogP contribution in [0.4, 0.5) is 0 Å². The highest BCUT2D eigenvalue weighted by atomic mass is 35.5. The zero-order valence-corrected chi connectivity index (χ0v) is 8.32. The van der Waals surface area contributed by atoms with E-state index in [4.69, 9.17) is 23.2 Å². The van der Waals surface area contributed by atoms with Crippen molar-refractivity contribution in [2.75, 3.05) is 0 Å². The number of Topliss-reactive ketones (excluding diaryl/α,β-unsaturated/α-hetero) is 1. The summed E-state index contributed by atoms with van der Waals surface area (Å²) >= 11 is 11.4. The lowest BCUT2D eigenvalue weighted by molar-refractivity contribution is 0.101.